The second kappa shape index (κ2) is 4.98. The predicted molar refractivity (Wildman–Crippen MR) is 79.9 cm³/mol. The normalized spacial score (nSPS) is 22.0. The molecule has 1 aliphatic heterocycles. The van der Waals surface area contributed by atoms with Gasteiger partial charge < -0.3 is 14.6 Å². The van der Waals surface area contributed by atoms with Gasteiger partial charge in [-0.1, -0.05) is 18.2 Å². The van der Waals surface area contributed by atoms with Crippen molar-refractivity contribution in [1.82, 2.24) is 5.32 Å². The summed E-state index contributed by atoms with van der Waals surface area (Å²) in [6.45, 7) is 3.07. The van der Waals surface area contributed by atoms with Gasteiger partial charge in [0.25, 0.3) is 0 Å². The first-order valence-corrected chi connectivity index (χ1v) is 7.55. The van der Waals surface area contributed by atoms with Crippen LogP contribution in [0.15, 0.2) is 41.0 Å². The molecule has 0 radical (unpaired) electrons. The predicted octanol–water partition coefficient (Wildman–Crippen LogP) is 3.27. The minimum atomic E-state index is 0.471. The van der Waals surface area contributed by atoms with Crippen molar-refractivity contribution in [2.45, 2.75) is 31.8 Å². The van der Waals surface area contributed by atoms with E-state index in [9.17, 15) is 0 Å². The number of nitrogens with one attached hydrogen (secondary N) is 1. The van der Waals surface area contributed by atoms with E-state index < -0.39 is 0 Å². The van der Waals surface area contributed by atoms with Gasteiger partial charge in [-0.25, -0.2) is 0 Å². The Bertz CT molecular complexity index is 605. The number of benzene rings is 1. The molecule has 2 aromatic rings. The van der Waals surface area contributed by atoms with Crippen molar-refractivity contribution in [3.8, 4) is 0 Å². The number of rotatable bonds is 1. The summed E-state index contributed by atoms with van der Waals surface area (Å²) >= 11 is 0. The van der Waals surface area contributed by atoms with E-state index in [0.29, 0.717) is 6.04 Å². The minimum Gasteiger partial charge on any atom is -0.469 e. The van der Waals surface area contributed by atoms with Gasteiger partial charge in [-0.15, -0.1) is 0 Å². The fraction of sp³-hybridized carbons (Fsp3) is 0.412. The molecule has 20 heavy (non-hydrogen) atoms. The van der Waals surface area contributed by atoms with Crippen LogP contribution in [-0.4, -0.2) is 13.1 Å². The Balaban J connectivity index is 1.76. The van der Waals surface area contributed by atoms with Crippen LogP contribution in [-0.2, 0) is 13.0 Å². The third kappa shape index (κ3) is 1.93. The van der Waals surface area contributed by atoms with Crippen molar-refractivity contribution in [2.75, 3.05) is 18.0 Å². The van der Waals surface area contributed by atoms with Crippen molar-refractivity contribution in [3.05, 3.63) is 53.5 Å². The van der Waals surface area contributed by atoms with Crippen molar-refractivity contribution in [3.63, 3.8) is 0 Å². The maximum absolute atomic E-state index is 5.65. The summed E-state index contributed by atoms with van der Waals surface area (Å²) in [6, 6.07) is 11.4. The van der Waals surface area contributed by atoms with Crippen LogP contribution in [0, 0.1) is 0 Å². The van der Waals surface area contributed by atoms with E-state index in [-0.39, 0.29) is 0 Å². The van der Waals surface area contributed by atoms with Crippen LogP contribution >= 0.6 is 0 Å². The van der Waals surface area contributed by atoms with Crippen LogP contribution in [0.25, 0.3) is 0 Å². The second-order valence-corrected chi connectivity index (χ2v) is 5.71. The zero-order chi connectivity index (χ0) is 13.4. The summed E-state index contributed by atoms with van der Waals surface area (Å²) in [4.78, 5) is 2.57. The van der Waals surface area contributed by atoms with E-state index in [1.54, 1.807) is 0 Å². The van der Waals surface area contributed by atoms with E-state index in [0.717, 1.165) is 26.1 Å². The van der Waals surface area contributed by atoms with E-state index in [4.69, 9.17) is 4.42 Å². The molecular formula is C17H20N2O. The molecule has 2 heterocycles. The van der Waals surface area contributed by atoms with Crippen LogP contribution in [0.5, 0.6) is 0 Å². The van der Waals surface area contributed by atoms with Crippen LogP contribution < -0.4 is 10.2 Å². The van der Waals surface area contributed by atoms with Gasteiger partial charge in [0.05, 0.1) is 12.3 Å². The maximum atomic E-state index is 5.65. The van der Waals surface area contributed by atoms with Crippen LogP contribution in [0.3, 0.4) is 0 Å². The lowest BCUT2D eigenvalue weighted by atomic mass is 9.91. The second-order valence-electron chi connectivity index (χ2n) is 5.71. The van der Waals surface area contributed by atoms with Crippen molar-refractivity contribution < 1.29 is 4.42 Å². The molecule has 0 saturated heterocycles. The van der Waals surface area contributed by atoms with Gasteiger partial charge in [0.15, 0.2) is 0 Å². The highest BCUT2D eigenvalue weighted by atomic mass is 16.3. The van der Waals surface area contributed by atoms with Crippen molar-refractivity contribution in [1.29, 1.82) is 0 Å². The number of anilines is 1. The third-order valence-electron chi connectivity index (χ3n) is 4.54. The molecule has 1 aromatic heterocycles. The van der Waals surface area contributed by atoms with E-state index in [2.05, 4.69) is 40.5 Å². The highest BCUT2D eigenvalue weighted by Crippen LogP contribution is 2.38. The van der Waals surface area contributed by atoms with Crippen molar-refractivity contribution in [2.24, 2.45) is 0 Å². The Hall–Kier alpha value is -1.74. The smallest absolute Gasteiger partial charge is 0.109 e. The monoisotopic (exact) mass is 268 g/mol. The molecule has 0 amide bonds. The molecule has 104 valence electrons. The van der Waals surface area contributed by atoms with Gasteiger partial charge in [0.2, 0.25) is 0 Å². The van der Waals surface area contributed by atoms with E-state index in [1.165, 1.54) is 35.4 Å². The zero-order valence-corrected chi connectivity index (χ0v) is 11.6. The molecule has 1 unspecified atom stereocenters. The summed E-state index contributed by atoms with van der Waals surface area (Å²) < 4.78 is 5.65. The Morgan fingerprint density at radius 3 is 3.15 bits per heavy atom. The Labute approximate surface area is 119 Å². The lowest BCUT2D eigenvalue weighted by molar-refractivity contribution is 0.440. The summed E-state index contributed by atoms with van der Waals surface area (Å²) in [5.74, 6) is 1.19. The molecule has 3 heteroatoms. The molecule has 0 bridgehead atoms. The van der Waals surface area contributed by atoms with E-state index >= 15 is 0 Å². The van der Waals surface area contributed by atoms with Gasteiger partial charge in [0.1, 0.15) is 5.76 Å². The molecule has 1 aliphatic carbocycles. The summed E-state index contributed by atoms with van der Waals surface area (Å²) in [7, 11) is 0. The fourth-order valence-corrected chi connectivity index (χ4v) is 3.59. The first-order valence-electron chi connectivity index (χ1n) is 7.55. The van der Waals surface area contributed by atoms with Crippen LogP contribution in [0.4, 0.5) is 5.69 Å². The molecule has 2 aliphatic rings. The average Bonchev–Trinajstić information content (AvgIpc) is 2.87. The number of para-hydroxylation sites is 1. The molecule has 1 atom stereocenters. The maximum Gasteiger partial charge on any atom is 0.109 e. The molecule has 0 spiro atoms. The fourth-order valence-electron chi connectivity index (χ4n) is 3.59. The van der Waals surface area contributed by atoms with Crippen LogP contribution in [0.2, 0.25) is 0 Å². The minimum absolute atomic E-state index is 0.471. The largest absolute Gasteiger partial charge is 0.469 e. The van der Waals surface area contributed by atoms with Crippen LogP contribution in [0.1, 0.15) is 35.8 Å². The van der Waals surface area contributed by atoms with Gasteiger partial charge >= 0.3 is 0 Å². The third-order valence-corrected chi connectivity index (χ3v) is 4.54. The molecule has 1 aromatic carbocycles. The van der Waals surface area contributed by atoms with Crippen molar-refractivity contribution >= 4 is 5.69 Å². The molecule has 3 nitrogen and oxygen atoms in total. The standard InChI is InChI=1S/C17H20N2O/c1-2-5-15-13(4-1)12-18-9-10-19(15)16-6-3-7-17-14(16)8-11-20-17/h1-2,4-5,8,11,16,18H,3,6-7,9-10,12H2. The Morgan fingerprint density at radius 1 is 1.20 bits per heavy atom. The summed E-state index contributed by atoms with van der Waals surface area (Å²) in [5, 5.41) is 3.53. The summed E-state index contributed by atoms with van der Waals surface area (Å²) in [5.41, 5.74) is 4.19. The van der Waals surface area contributed by atoms with Gasteiger partial charge in [0, 0.05) is 37.3 Å². The summed E-state index contributed by atoms with van der Waals surface area (Å²) in [6.07, 6.45) is 5.38. The quantitative estimate of drug-likeness (QED) is 0.860. The number of nitrogens with zero attached hydrogens (tertiary/aromatic N) is 1. The lowest BCUT2D eigenvalue weighted by Gasteiger charge is -2.35. The van der Waals surface area contributed by atoms with Gasteiger partial charge in [-0.3, -0.25) is 0 Å². The Morgan fingerprint density at radius 2 is 2.15 bits per heavy atom. The molecule has 1 N–H and O–H groups in total. The highest BCUT2D eigenvalue weighted by molar-refractivity contribution is 5.56. The number of aryl methyl sites for hydroxylation is 1. The van der Waals surface area contributed by atoms with Gasteiger partial charge in [-0.05, 0) is 30.5 Å². The zero-order valence-electron chi connectivity index (χ0n) is 11.6. The molecular weight excluding hydrogens is 248 g/mol. The topological polar surface area (TPSA) is 28.4 Å². The first-order chi connectivity index (χ1) is 9.93. The molecule has 0 fully saturated rings. The number of hydrogen-bond acceptors (Lipinski definition) is 3. The van der Waals surface area contributed by atoms with Gasteiger partial charge in [-0.2, -0.15) is 0 Å². The van der Waals surface area contributed by atoms with E-state index in [1.807, 2.05) is 6.26 Å². The first kappa shape index (κ1) is 12.0. The molecule has 4 rings (SSSR count). The lowest BCUT2D eigenvalue weighted by Crippen LogP contribution is -2.34. The number of furan rings is 1. The number of fused-ring (bicyclic) bond motifs is 2. The highest BCUT2D eigenvalue weighted by Gasteiger charge is 2.29. The Kier molecular flexibility index (Phi) is 3.00. The molecule has 0 saturated carbocycles. The number of hydrogen-bond donors (Lipinski definition) is 1. The average molecular weight is 268 g/mol. The SMILES string of the molecule is c1ccc2c(c1)CNCCN2C1CCCc2occc21.